The summed E-state index contributed by atoms with van der Waals surface area (Å²) in [6.07, 6.45) is 0.910. The van der Waals surface area contributed by atoms with Crippen LogP contribution < -0.4 is 10.6 Å². The van der Waals surface area contributed by atoms with Gasteiger partial charge in [0, 0.05) is 23.3 Å². The molecule has 0 atom stereocenters. The summed E-state index contributed by atoms with van der Waals surface area (Å²) in [4.78, 5) is 12.1. The third kappa shape index (κ3) is 3.76. The Morgan fingerprint density at radius 2 is 1.94 bits per heavy atom. The number of rotatable bonds is 5. The number of carbonyl (C=O) groups is 1. The standard InChI is InChI=1S/C15H24N2O/c1-6-15(4,5)17-14(18)12-8-9-13(16-7-2)11(3)10-12/h8-10,16H,6-7H2,1-5H3,(H,17,18). The first kappa shape index (κ1) is 14.6. The van der Waals surface area contributed by atoms with Gasteiger partial charge in [0.2, 0.25) is 0 Å². The molecule has 1 aromatic rings. The molecule has 0 radical (unpaired) electrons. The zero-order valence-corrected chi connectivity index (χ0v) is 12.1. The summed E-state index contributed by atoms with van der Waals surface area (Å²) in [5, 5.41) is 6.31. The van der Waals surface area contributed by atoms with Crippen LogP contribution in [0.4, 0.5) is 5.69 Å². The summed E-state index contributed by atoms with van der Waals surface area (Å²) in [6.45, 7) is 11.1. The normalized spacial score (nSPS) is 11.2. The topological polar surface area (TPSA) is 41.1 Å². The lowest BCUT2D eigenvalue weighted by atomic mass is 10.0. The maximum absolute atomic E-state index is 12.1. The third-order valence-corrected chi connectivity index (χ3v) is 3.19. The first-order valence-electron chi connectivity index (χ1n) is 6.56. The Kier molecular flexibility index (Phi) is 4.76. The van der Waals surface area contributed by atoms with E-state index < -0.39 is 0 Å². The summed E-state index contributed by atoms with van der Waals surface area (Å²) < 4.78 is 0. The molecule has 0 aliphatic carbocycles. The highest BCUT2D eigenvalue weighted by Crippen LogP contribution is 2.17. The van der Waals surface area contributed by atoms with Crippen molar-refractivity contribution in [3.8, 4) is 0 Å². The fraction of sp³-hybridized carbons (Fsp3) is 0.533. The number of nitrogens with one attached hydrogen (secondary N) is 2. The average molecular weight is 248 g/mol. The largest absolute Gasteiger partial charge is 0.385 e. The van der Waals surface area contributed by atoms with E-state index in [2.05, 4.69) is 24.5 Å². The van der Waals surface area contributed by atoms with Gasteiger partial charge in [-0.15, -0.1) is 0 Å². The fourth-order valence-corrected chi connectivity index (χ4v) is 1.66. The van der Waals surface area contributed by atoms with E-state index in [-0.39, 0.29) is 11.4 Å². The molecule has 0 aliphatic heterocycles. The maximum Gasteiger partial charge on any atom is 0.251 e. The van der Waals surface area contributed by atoms with E-state index in [0.29, 0.717) is 0 Å². The quantitative estimate of drug-likeness (QED) is 0.839. The Bertz CT molecular complexity index is 425. The van der Waals surface area contributed by atoms with Crippen LogP contribution in [0.1, 0.15) is 50.0 Å². The molecule has 3 nitrogen and oxygen atoms in total. The summed E-state index contributed by atoms with van der Waals surface area (Å²) in [5.74, 6) is -0.00648. The Labute approximate surface area is 110 Å². The molecule has 0 saturated carbocycles. The molecule has 3 heteroatoms. The summed E-state index contributed by atoms with van der Waals surface area (Å²) >= 11 is 0. The van der Waals surface area contributed by atoms with Crippen LogP contribution >= 0.6 is 0 Å². The lowest BCUT2D eigenvalue weighted by Crippen LogP contribution is -2.42. The maximum atomic E-state index is 12.1. The predicted molar refractivity (Wildman–Crippen MR) is 77.2 cm³/mol. The van der Waals surface area contributed by atoms with Gasteiger partial charge in [-0.25, -0.2) is 0 Å². The number of anilines is 1. The molecule has 0 unspecified atom stereocenters. The van der Waals surface area contributed by atoms with Gasteiger partial charge in [-0.3, -0.25) is 4.79 Å². The molecule has 0 bridgehead atoms. The van der Waals surface area contributed by atoms with Crippen LogP contribution in [0.3, 0.4) is 0 Å². The predicted octanol–water partition coefficient (Wildman–Crippen LogP) is 3.35. The van der Waals surface area contributed by atoms with E-state index in [0.717, 1.165) is 29.8 Å². The van der Waals surface area contributed by atoms with Gasteiger partial charge in [0.15, 0.2) is 0 Å². The minimum absolute atomic E-state index is 0.00648. The highest BCUT2D eigenvalue weighted by molar-refractivity contribution is 5.95. The lowest BCUT2D eigenvalue weighted by Gasteiger charge is -2.24. The van der Waals surface area contributed by atoms with E-state index >= 15 is 0 Å². The van der Waals surface area contributed by atoms with Crippen molar-refractivity contribution in [3.05, 3.63) is 29.3 Å². The molecule has 0 fully saturated rings. The molecule has 0 spiro atoms. The monoisotopic (exact) mass is 248 g/mol. The molecule has 1 rings (SSSR count). The second kappa shape index (κ2) is 5.89. The van der Waals surface area contributed by atoms with Gasteiger partial charge in [0.05, 0.1) is 0 Å². The molecule has 0 saturated heterocycles. The minimum atomic E-state index is -0.161. The van der Waals surface area contributed by atoms with Crippen molar-refractivity contribution in [2.24, 2.45) is 0 Å². The molecule has 0 aromatic heterocycles. The average Bonchev–Trinajstić information content (AvgIpc) is 2.31. The van der Waals surface area contributed by atoms with Crippen molar-refractivity contribution >= 4 is 11.6 Å². The summed E-state index contributed by atoms with van der Waals surface area (Å²) in [6, 6.07) is 5.76. The molecule has 1 aromatic carbocycles. The Hall–Kier alpha value is -1.51. The van der Waals surface area contributed by atoms with Crippen LogP contribution in [0.25, 0.3) is 0 Å². The van der Waals surface area contributed by atoms with Crippen LogP contribution in [0, 0.1) is 6.92 Å². The molecule has 1 amide bonds. The third-order valence-electron chi connectivity index (χ3n) is 3.19. The lowest BCUT2D eigenvalue weighted by molar-refractivity contribution is 0.0911. The van der Waals surface area contributed by atoms with Crippen molar-refractivity contribution in [2.45, 2.75) is 46.6 Å². The van der Waals surface area contributed by atoms with Gasteiger partial charge < -0.3 is 10.6 Å². The minimum Gasteiger partial charge on any atom is -0.385 e. The van der Waals surface area contributed by atoms with E-state index in [1.165, 1.54) is 0 Å². The Balaban J connectivity index is 2.85. The molecular weight excluding hydrogens is 224 g/mol. The number of amides is 1. The smallest absolute Gasteiger partial charge is 0.251 e. The Morgan fingerprint density at radius 1 is 1.28 bits per heavy atom. The van der Waals surface area contributed by atoms with E-state index in [9.17, 15) is 4.79 Å². The van der Waals surface area contributed by atoms with Crippen LogP contribution in [-0.2, 0) is 0 Å². The van der Waals surface area contributed by atoms with E-state index in [1.54, 1.807) is 0 Å². The number of carbonyl (C=O) groups excluding carboxylic acids is 1. The van der Waals surface area contributed by atoms with E-state index in [4.69, 9.17) is 0 Å². The highest BCUT2D eigenvalue weighted by atomic mass is 16.1. The van der Waals surface area contributed by atoms with Crippen LogP contribution in [0.2, 0.25) is 0 Å². The molecule has 18 heavy (non-hydrogen) atoms. The molecular formula is C15H24N2O. The van der Waals surface area contributed by atoms with E-state index in [1.807, 2.05) is 39.0 Å². The first-order chi connectivity index (χ1) is 8.39. The second-order valence-corrected chi connectivity index (χ2v) is 5.25. The van der Waals surface area contributed by atoms with Gasteiger partial charge in [-0.1, -0.05) is 6.92 Å². The van der Waals surface area contributed by atoms with Crippen molar-refractivity contribution in [2.75, 3.05) is 11.9 Å². The second-order valence-electron chi connectivity index (χ2n) is 5.25. The van der Waals surface area contributed by atoms with Crippen molar-refractivity contribution in [1.82, 2.24) is 5.32 Å². The fourth-order valence-electron chi connectivity index (χ4n) is 1.66. The van der Waals surface area contributed by atoms with Gasteiger partial charge in [0.25, 0.3) is 5.91 Å². The molecule has 0 heterocycles. The molecule has 2 N–H and O–H groups in total. The number of benzene rings is 1. The molecule has 0 aliphatic rings. The highest BCUT2D eigenvalue weighted by Gasteiger charge is 2.18. The van der Waals surface area contributed by atoms with Gasteiger partial charge in [0.1, 0.15) is 0 Å². The van der Waals surface area contributed by atoms with Gasteiger partial charge in [-0.2, -0.15) is 0 Å². The van der Waals surface area contributed by atoms with Crippen LogP contribution in [0.5, 0.6) is 0 Å². The van der Waals surface area contributed by atoms with Crippen molar-refractivity contribution in [3.63, 3.8) is 0 Å². The summed E-state index contributed by atoms with van der Waals surface area (Å²) in [5.41, 5.74) is 2.74. The zero-order valence-electron chi connectivity index (χ0n) is 12.1. The first-order valence-corrected chi connectivity index (χ1v) is 6.56. The number of aryl methyl sites for hydroxylation is 1. The molecule has 100 valence electrons. The van der Waals surface area contributed by atoms with Crippen molar-refractivity contribution in [1.29, 1.82) is 0 Å². The number of hydrogen-bond acceptors (Lipinski definition) is 2. The SMILES string of the molecule is CCNc1ccc(C(=O)NC(C)(C)CC)cc1C. The van der Waals surface area contributed by atoms with Crippen molar-refractivity contribution < 1.29 is 4.79 Å². The zero-order chi connectivity index (χ0) is 13.8. The van der Waals surface area contributed by atoms with Crippen LogP contribution in [0.15, 0.2) is 18.2 Å². The Morgan fingerprint density at radius 3 is 2.44 bits per heavy atom. The number of hydrogen-bond donors (Lipinski definition) is 2. The van der Waals surface area contributed by atoms with Crippen LogP contribution in [-0.4, -0.2) is 18.0 Å². The van der Waals surface area contributed by atoms with Gasteiger partial charge in [-0.05, 0) is 57.9 Å². The summed E-state index contributed by atoms with van der Waals surface area (Å²) in [7, 11) is 0. The van der Waals surface area contributed by atoms with Gasteiger partial charge >= 0.3 is 0 Å².